The molecule has 0 saturated heterocycles. The number of rotatable bonds is 8. The number of amidine groups is 1. The van der Waals surface area contributed by atoms with Crippen molar-refractivity contribution in [3.05, 3.63) is 71.2 Å². The number of nitrogens with two attached hydrogens (primary N) is 2. The zero-order valence-corrected chi connectivity index (χ0v) is 16.8. The molecule has 0 bridgehead atoms. The Kier molecular flexibility index (Phi) is 11.3. The van der Waals surface area contributed by atoms with Gasteiger partial charge in [0.2, 0.25) is 0 Å². The second-order valence-electron chi connectivity index (χ2n) is 4.82. The quantitative estimate of drug-likeness (QED) is 0.195. The van der Waals surface area contributed by atoms with E-state index >= 15 is 0 Å². The fourth-order valence-electron chi connectivity index (χ4n) is 1.82. The minimum absolute atomic E-state index is 0.0227. The molecule has 0 spiro atoms. The van der Waals surface area contributed by atoms with E-state index in [4.69, 9.17) is 28.5 Å². The molecule has 1 aromatic heterocycles. The summed E-state index contributed by atoms with van der Waals surface area (Å²) in [6, 6.07) is 3.20. The van der Waals surface area contributed by atoms with Crippen molar-refractivity contribution in [2.45, 2.75) is 20.8 Å². The van der Waals surface area contributed by atoms with Gasteiger partial charge in [-0.25, -0.2) is 4.98 Å². The number of hydrogen-bond acceptors (Lipinski definition) is 5. The fraction of sp³-hybridized carbons (Fsp3) is 0.158. The van der Waals surface area contributed by atoms with E-state index in [-0.39, 0.29) is 33.6 Å². The maximum absolute atomic E-state index is 12.6. The van der Waals surface area contributed by atoms with Gasteiger partial charge in [-0.2, -0.15) is 0 Å². The van der Waals surface area contributed by atoms with Crippen LogP contribution in [0.5, 0.6) is 0 Å². The number of nitrogens with zero attached hydrogens (tertiary/aromatic N) is 1. The van der Waals surface area contributed by atoms with Crippen LogP contribution in [0, 0.1) is 5.41 Å². The number of aromatic nitrogens is 1. The highest BCUT2D eigenvalue weighted by Gasteiger charge is 2.16. The normalized spacial score (nSPS) is 11.6. The Bertz CT molecular complexity index is 827. The smallest absolute Gasteiger partial charge is 0.272 e. The van der Waals surface area contributed by atoms with E-state index in [1.54, 1.807) is 25.1 Å². The van der Waals surface area contributed by atoms with Gasteiger partial charge < -0.3 is 22.1 Å². The number of carbonyl (C=O) groups excluding carboxylic acids is 2. The molecule has 0 atom stereocenters. The molecular weight excluding hydrogens is 380 g/mol. The average molecular weight is 405 g/mol. The summed E-state index contributed by atoms with van der Waals surface area (Å²) in [5, 5.41) is 12.9. The first-order valence-corrected chi connectivity index (χ1v) is 8.71. The topological polar surface area (TPSA) is 147 Å². The molecule has 0 radical (unpaired) electrons. The van der Waals surface area contributed by atoms with Crippen LogP contribution in [0.15, 0.2) is 66.2 Å². The van der Waals surface area contributed by atoms with E-state index in [2.05, 4.69) is 22.2 Å². The number of allylic oxidation sites excluding steroid dienone is 2. The minimum atomic E-state index is -0.758. The van der Waals surface area contributed by atoms with E-state index < -0.39 is 11.8 Å². The Morgan fingerprint density at radius 3 is 2.43 bits per heavy atom. The van der Waals surface area contributed by atoms with Gasteiger partial charge in [-0.3, -0.25) is 15.0 Å². The third kappa shape index (κ3) is 7.88. The summed E-state index contributed by atoms with van der Waals surface area (Å²) in [6.07, 6.45) is 6.89. The van der Waals surface area contributed by atoms with Gasteiger partial charge >= 0.3 is 0 Å². The zero-order chi connectivity index (χ0) is 21.7. The van der Waals surface area contributed by atoms with Crippen LogP contribution in [0.4, 0.5) is 5.82 Å². The average Bonchev–Trinajstić information content (AvgIpc) is 2.64. The molecule has 0 aliphatic rings. The largest absolute Gasteiger partial charge is 0.384 e. The van der Waals surface area contributed by atoms with Crippen LogP contribution < -0.4 is 22.1 Å². The lowest BCUT2D eigenvalue weighted by Gasteiger charge is -2.14. The number of amides is 2. The number of hydrogen-bond donors (Lipinski definition) is 5. The molecule has 0 aliphatic heterocycles. The summed E-state index contributed by atoms with van der Waals surface area (Å²) in [5.41, 5.74) is 10.7. The summed E-state index contributed by atoms with van der Waals surface area (Å²) in [5.74, 6) is -1.61. The first kappa shape index (κ1) is 24.6. The number of pyridine rings is 1. The van der Waals surface area contributed by atoms with E-state index in [1.165, 1.54) is 18.3 Å². The third-order valence-electron chi connectivity index (χ3n) is 2.90. The number of carbonyl (C=O) groups is 2. The summed E-state index contributed by atoms with van der Waals surface area (Å²) in [7, 11) is 0. The first-order chi connectivity index (χ1) is 13.3. The van der Waals surface area contributed by atoms with Crippen LogP contribution in [0.25, 0.3) is 0 Å². The molecule has 1 heterocycles. The molecule has 7 N–H and O–H groups in total. The highest BCUT2D eigenvalue weighted by molar-refractivity contribution is 6.33. The van der Waals surface area contributed by atoms with Crippen molar-refractivity contribution in [2.24, 2.45) is 11.5 Å². The molecule has 0 aromatic carbocycles. The van der Waals surface area contributed by atoms with Crippen LogP contribution in [0.2, 0.25) is 5.02 Å². The zero-order valence-electron chi connectivity index (χ0n) is 16.0. The molecule has 0 saturated carbocycles. The third-order valence-corrected chi connectivity index (χ3v) is 3.20. The molecule has 8 nitrogen and oxygen atoms in total. The second-order valence-corrected chi connectivity index (χ2v) is 5.23. The molecule has 2 amide bonds. The Morgan fingerprint density at radius 1 is 1.32 bits per heavy atom. The van der Waals surface area contributed by atoms with Crippen LogP contribution >= 0.6 is 11.6 Å². The van der Waals surface area contributed by atoms with Gasteiger partial charge in [0, 0.05) is 12.3 Å². The Balaban J connectivity index is 0.00000352. The predicted molar refractivity (Wildman–Crippen MR) is 114 cm³/mol. The number of primary amides is 1. The summed E-state index contributed by atoms with van der Waals surface area (Å²) in [6.45, 7) is 9.21. The van der Waals surface area contributed by atoms with E-state index in [0.29, 0.717) is 0 Å². The maximum atomic E-state index is 12.6. The molecule has 150 valence electrons. The lowest BCUT2D eigenvalue weighted by atomic mass is 10.1. The van der Waals surface area contributed by atoms with Gasteiger partial charge in [0.15, 0.2) is 0 Å². The van der Waals surface area contributed by atoms with Crippen LogP contribution in [0.3, 0.4) is 0 Å². The molecule has 28 heavy (non-hydrogen) atoms. The van der Waals surface area contributed by atoms with E-state index in [1.807, 2.05) is 13.8 Å². The minimum Gasteiger partial charge on any atom is -0.384 e. The van der Waals surface area contributed by atoms with Crippen molar-refractivity contribution in [1.82, 2.24) is 10.3 Å². The molecule has 0 aliphatic carbocycles. The fourth-order valence-corrected chi connectivity index (χ4v) is 1.99. The monoisotopic (exact) mass is 404 g/mol. The summed E-state index contributed by atoms with van der Waals surface area (Å²) >= 11 is 6.02. The van der Waals surface area contributed by atoms with Gasteiger partial charge in [0.1, 0.15) is 17.4 Å². The standard InChI is InChI=1S/C17H19ClN6O2.C2H6/c1-3-6-12(10(4-2)15(21)25)24-17(26)13(9-14(19)20)23-16-11(18)7-5-8-22-16;1-2/h3-9H,2H2,1H3,(H3,19,20)(H2,21,25)(H,22,23)(H,24,26);1-2H3/b6-3-,12-10-,13-9-;. The molecule has 1 rings (SSSR count). The molecular formula is C19H25ClN6O2. The predicted octanol–water partition coefficient (Wildman–Crippen LogP) is 2.61. The van der Waals surface area contributed by atoms with Crippen molar-refractivity contribution >= 4 is 35.1 Å². The van der Waals surface area contributed by atoms with Crippen molar-refractivity contribution in [1.29, 1.82) is 5.41 Å². The molecule has 1 aromatic rings. The Hall–Kier alpha value is -3.39. The molecule has 9 heteroatoms. The van der Waals surface area contributed by atoms with Gasteiger partial charge in [0.25, 0.3) is 11.8 Å². The molecule has 0 fully saturated rings. The van der Waals surface area contributed by atoms with E-state index in [9.17, 15) is 9.59 Å². The number of anilines is 1. The highest BCUT2D eigenvalue weighted by Crippen LogP contribution is 2.19. The van der Waals surface area contributed by atoms with Gasteiger partial charge in [0.05, 0.1) is 16.3 Å². The van der Waals surface area contributed by atoms with Crippen molar-refractivity contribution in [3.8, 4) is 0 Å². The second kappa shape index (κ2) is 12.9. The van der Waals surface area contributed by atoms with E-state index in [0.717, 1.165) is 6.08 Å². The maximum Gasteiger partial charge on any atom is 0.272 e. The van der Waals surface area contributed by atoms with Gasteiger partial charge in [-0.1, -0.05) is 44.2 Å². The van der Waals surface area contributed by atoms with Gasteiger partial charge in [-0.05, 0) is 25.1 Å². The van der Waals surface area contributed by atoms with Gasteiger partial charge in [-0.15, -0.1) is 0 Å². The Labute approximate surface area is 169 Å². The SMILES string of the molecule is C=C/C(C(N)=O)=C(\C=C/C)NC(=O)/C(=C/C(=N)N)Nc1ncccc1Cl.CC. The Morgan fingerprint density at radius 2 is 1.96 bits per heavy atom. The van der Waals surface area contributed by atoms with Crippen molar-refractivity contribution in [3.63, 3.8) is 0 Å². The molecule has 0 unspecified atom stereocenters. The van der Waals surface area contributed by atoms with Crippen LogP contribution in [0.1, 0.15) is 20.8 Å². The van der Waals surface area contributed by atoms with Crippen molar-refractivity contribution in [2.75, 3.05) is 5.32 Å². The first-order valence-electron chi connectivity index (χ1n) is 8.34. The highest BCUT2D eigenvalue weighted by atomic mass is 35.5. The summed E-state index contributed by atoms with van der Waals surface area (Å²) < 4.78 is 0. The van der Waals surface area contributed by atoms with Crippen LogP contribution in [-0.2, 0) is 9.59 Å². The van der Waals surface area contributed by atoms with Crippen molar-refractivity contribution < 1.29 is 9.59 Å². The number of nitrogens with one attached hydrogen (secondary N) is 3. The number of halogens is 1. The lowest BCUT2D eigenvalue weighted by molar-refractivity contribution is -0.116. The van der Waals surface area contributed by atoms with Crippen LogP contribution in [-0.4, -0.2) is 22.6 Å². The summed E-state index contributed by atoms with van der Waals surface area (Å²) in [4.78, 5) is 28.1. The lowest BCUT2D eigenvalue weighted by Crippen LogP contribution is -2.31.